The first-order valence-electron chi connectivity index (χ1n) is 9.98. The highest BCUT2D eigenvalue weighted by Gasteiger charge is 2.34. The van der Waals surface area contributed by atoms with Gasteiger partial charge in [0.05, 0.1) is 11.1 Å². The Morgan fingerprint density at radius 2 is 1.30 bits per heavy atom. The summed E-state index contributed by atoms with van der Waals surface area (Å²) in [7, 11) is 0. The van der Waals surface area contributed by atoms with Crippen LogP contribution in [0.5, 0.6) is 0 Å². The van der Waals surface area contributed by atoms with Gasteiger partial charge in [-0.05, 0) is 49.1 Å². The van der Waals surface area contributed by atoms with Gasteiger partial charge in [0, 0.05) is 19.6 Å². The summed E-state index contributed by atoms with van der Waals surface area (Å²) in [4.78, 5) is 28.6. The number of fused-ring (bicyclic) bond motifs is 2. The number of hydrogen-bond acceptors (Lipinski definition) is 3. The highest BCUT2D eigenvalue weighted by molar-refractivity contribution is 6.21. The molecule has 0 saturated carbocycles. The maximum absolute atomic E-state index is 12.3. The zero-order valence-electron chi connectivity index (χ0n) is 15.7. The first-order valence-corrected chi connectivity index (χ1v) is 9.98. The molecule has 2 aromatic rings. The van der Waals surface area contributed by atoms with Crippen LogP contribution in [0.25, 0.3) is 0 Å². The Labute approximate surface area is 160 Å². The van der Waals surface area contributed by atoms with Crippen LogP contribution in [-0.4, -0.2) is 41.2 Å². The molecule has 2 heterocycles. The average Bonchev–Trinajstić information content (AvgIpc) is 2.95. The van der Waals surface area contributed by atoms with Crippen LogP contribution >= 0.6 is 0 Å². The summed E-state index contributed by atoms with van der Waals surface area (Å²) >= 11 is 0. The van der Waals surface area contributed by atoms with Gasteiger partial charge >= 0.3 is 0 Å². The van der Waals surface area contributed by atoms with Crippen LogP contribution in [0.2, 0.25) is 0 Å². The van der Waals surface area contributed by atoms with Gasteiger partial charge in [-0.1, -0.05) is 49.2 Å². The average molecular weight is 362 g/mol. The Morgan fingerprint density at radius 1 is 0.704 bits per heavy atom. The lowest BCUT2D eigenvalue weighted by molar-refractivity contribution is 0.0651. The summed E-state index contributed by atoms with van der Waals surface area (Å²) in [5.74, 6) is -0.273. The fourth-order valence-corrected chi connectivity index (χ4v) is 4.15. The van der Waals surface area contributed by atoms with E-state index in [1.54, 1.807) is 12.1 Å². The normalized spacial score (nSPS) is 16.5. The third kappa shape index (κ3) is 3.81. The smallest absolute Gasteiger partial charge is 0.261 e. The molecule has 4 heteroatoms. The van der Waals surface area contributed by atoms with E-state index in [0.717, 1.165) is 45.3 Å². The van der Waals surface area contributed by atoms with Crippen molar-refractivity contribution in [3.63, 3.8) is 0 Å². The van der Waals surface area contributed by atoms with Crippen molar-refractivity contribution in [2.45, 2.75) is 38.6 Å². The molecule has 2 amide bonds. The molecular weight excluding hydrogens is 336 g/mol. The first kappa shape index (κ1) is 17.9. The molecule has 0 unspecified atom stereocenters. The van der Waals surface area contributed by atoms with Gasteiger partial charge in [-0.25, -0.2) is 0 Å². The van der Waals surface area contributed by atoms with Gasteiger partial charge in [0.1, 0.15) is 0 Å². The van der Waals surface area contributed by atoms with Crippen molar-refractivity contribution in [2.24, 2.45) is 0 Å². The molecule has 0 N–H and O–H groups in total. The quantitative estimate of drug-likeness (QED) is 0.554. The number of imide groups is 1. The van der Waals surface area contributed by atoms with E-state index in [4.69, 9.17) is 0 Å². The second-order valence-corrected chi connectivity index (χ2v) is 7.52. The van der Waals surface area contributed by atoms with Gasteiger partial charge in [0.2, 0.25) is 0 Å². The molecule has 140 valence electrons. The van der Waals surface area contributed by atoms with Crippen LogP contribution in [0.15, 0.2) is 48.5 Å². The van der Waals surface area contributed by atoms with Crippen molar-refractivity contribution in [2.75, 3.05) is 19.6 Å². The zero-order valence-corrected chi connectivity index (χ0v) is 15.7. The Morgan fingerprint density at radius 3 is 2.00 bits per heavy atom. The van der Waals surface area contributed by atoms with E-state index < -0.39 is 0 Å². The summed E-state index contributed by atoms with van der Waals surface area (Å²) in [6.45, 7) is 3.86. The van der Waals surface area contributed by atoms with Gasteiger partial charge in [0.25, 0.3) is 11.8 Å². The van der Waals surface area contributed by atoms with Crippen molar-refractivity contribution >= 4 is 11.8 Å². The Kier molecular flexibility index (Phi) is 5.35. The number of benzene rings is 2. The van der Waals surface area contributed by atoms with E-state index in [9.17, 15) is 9.59 Å². The molecular formula is C23H26N2O2. The molecule has 27 heavy (non-hydrogen) atoms. The molecule has 2 aromatic carbocycles. The fourth-order valence-electron chi connectivity index (χ4n) is 4.15. The van der Waals surface area contributed by atoms with Crippen LogP contribution in [0.4, 0.5) is 0 Å². The second-order valence-electron chi connectivity index (χ2n) is 7.52. The third-order valence-electron chi connectivity index (χ3n) is 5.69. The number of rotatable bonds is 7. The topological polar surface area (TPSA) is 40.6 Å². The highest BCUT2D eigenvalue weighted by Crippen LogP contribution is 2.23. The predicted molar refractivity (Wildman–Crippen MR) is 106 cm³/mol. The molecule has 4 rings (SSSR count). The van der Waals surface area contributed by atoms with Crippen LogP contribution in [0.1, 0.15) is 57.5 Å². The van der Waals surface area contributed by atoms with Gasteiger partial charge in [0.15, 0.2) is 0 Å². The maximum atomic E-state index is 12.3. The van der Waals surface area contributed by atoms with E-state index in [2.05, 4.69) is 29.2 Å². The lowest BCUT2D eigenvalue weighted by atomic mass is 10.00. The van der Waals surface area contributed by atoms with Crippen LogP contribution < -0.4 is 0 Å². The Hall–Kier alpha value is -2.46. The Balaban J connectivity index is 1.16. The summed E-state index contributed by atoms with van der Waals surface area (Å²) in [6, 6.07) is 15.8. The fraction of sp³-hybridized carbons (Fsp3) is 0.391. The molecule has 0 aromatic heterocycles. The maximum Gasteiger partial charge on any atom is 0.261 e. The number of amides is 2. The number of carbonyl (C=O) groups is 2. The lowest BCUT2D eigenvalue weighted by Crippen LogP contribution is -2.31. The molecule has 2 aliphatic heterocycles. The van der Waals surface area contributed by atoms with E-state index >= 15 is 0 Å². The number of hydrogen-bond donors (Lipinski definition) is 0. The second kappa shape index (κ2) is 8.05. The minimum atomic E-state index is -0.136. The van der Waals surface area contributed by atoms with E-state index in [-0.39, 0.29) is 11.8 Å². The minimum absolute atomic E-state index is 0.136. The number of carbonyl (C=O) groups excluding carboxylic acids is 2. The van der Waals surface area contributed by atoms with E-state index in [1.165, 1.54) is 22.4 Å². The zero-order chi connectivity index (χ0) is 18.6. The van der Waals surface area contributed by atoms with Crippen molar-refractivity contribution in [1.82, 2.24) is 9.80 Å². The minimum Gasteiger partial charge on any atom is -0.299 e. The molecule has 0 atom stereocenters. The molecule has 0 saturated heterocycles. The monoisotopic (exact) mass is 362 g/mol. The summed E-state index contributed by atoms with van der Waals surface area (Å²) < 4.78 is 0. The summed E-state index contributed by atoms with van der Waals surface area (Å²) in [5, 5.41) is 0. The largest absolute Gasteiger partial charge is 0.299 e. The molecule has 2 aliphatic rings. The molecule has 0 radical (unpaired) electrons. The van der Waals surface area contributed by atoms with Gasteiger partial charge in [-0.2, -0.15) is 0 Å². The van der Waals surface area contributed by atoms with Gasteiger partial charge in [-0.3, -0.25) is 19.4 Å². The standard InChI is InChI=1S/C23H26N2O2/c26-22-20-11-5-6-12-21(20)23(27)25(22)15-8-2-1-7-14-24-16-13-18-9-3-4-10-19(18)17-24/h3-6,9-12H,1-2,7-8,13-17H2. The predicted octanol–water partition coefficient (Wildman–Crippen LogP) is 3.90. The summed E-state index contributed by atoms with van der Waals surface area (Å²) in [6.07, 6.45) is 5.40. The first-order chi connectivity index (χ1) is 13.2. The lowest BCUT2D eigenvalue weighted by Gasteiger charge is -2.28. The molecule has 0 aliphatic carbocycles. The van der Waals surface area contributed by atoms with Crippen molar-refractivity contribution in [1.29, 1.82) is 0 Å². The van der Waals surface area contributed by atoms with Crippen molar-refractivity contribution in [3.8, 4) is 0 Å². The van der Waals surface area contributed by atoms with E-state index in [1.807, 2.05) is 12.1 Å². The third-order valence-corrected chi connectivity index (χ3v) is 5.69. The molecule has 4 nitrogen and oxygen atoms in total. The number of unbranched alkanes of at least 4 members (excludes halogenated alkanes) is 3. The molecule has 0 spiro atoms. The SMILES string of the molecule is O=C1c2ccccc2C(=O)N1CCCCCCN1CCc2ccccc2C1. The summed E-state index contributed by atoms with van der Waals surface area (Å²) in [5.41, 5.74) is 4.06. The highest BCUT2D eigenvalue weighted by atomic mass is 16.2. The van der Waals surface area contributed by atoms with Crippen LogP contribution in [0, 0.1) is 0 Å². The molecule has 0 bridgehead atoms. The molecule has 0 fully saturated rings. The number of nitrogens with zero attached hydrogens (tertiary/aromatic N) is 2. The van der Waals surface area contributed by atoms with Gasteiger partial charge < -0.3 is 0 Å². The van der Waals surface area contributed by atoms with E-state index in [0.29, 0.717) is 17.7 Å². The Bertz CT molecular complexity index is 811. The van der Waals surface area contributed by atoms with Crippen molar-refractivity contribution < 1.29 is 9.59 Å². The van der Waals surface area contributed by atoms with Crippen molar-refractivity contribution in [3.05, 3.63) is 70.8 Å². The van der Waals surface area contributed by atoms with Gasteiger partial charge in [-0.15, -0.1) is 0 Å². The van der Waals surface area contributed by atoms with Crippen LogP contribution in [0.3, 0.4) is 0 Å². The van der Waals surface area contributed by atoms with Crippen LogP contribution in [-0.2, 0) is 13.0 Å².